The first kappa shape index (κ1) is 16.6. The molecule has 0 radical (unpaired) electrons. The second-order valence-electron chi connectivity index (χ2n) is 5.17. The molecule has 1 aliphatic rings. The van der Waals surface area contributed by atoms with Gasteiger partial charge < -0.3 is 0 Å². The number of benzene rings is 1. The summed E-state index contributed by atoms with van der Waals surface area (Å²) in [6.45, 7) is 2.32. The van der Waals surface area contributed by atoms with Gasteiger partial charge >= 0.3 is 0 Å². The molecule has 1 fully saturated rings. The molecule has 0 amide bonds. The number of hydrogen-bond acceptors (Lipinski definition) is 2. The number of rotatable bonds is 7. The maximum atomic E-state index is 14.3. The number of nitrogens with zero attached hydrogens (tertiary/aromatic N) is 1. The lowest BCUT2D eigenvalue weighted by Crippen LogP contribution is -2.34. The van der Waals surface area contributed by atoms with Gasteiger partial charge in [0.25, 0.3) is 0 Å². The first-order valence-corrected chi connectivity index (χ1v) is 8.95. The highest BCUT2D eigenvalue weighted by molar-refractivity contribution is 7.89. The fourth-order valence-electron chi connectivity index (χ4n) is 2.20. The van der Waals surface area contributed by atoms with Crippen molar-refractivity contribution in [2.24, 2.45) is 0 Å². The zero-order valence-electron chi connectivity index (χ0n) is 11.8. The van der Waals surface area contributed by atoms with E-state index in [0.29, 0.717) is 13.0 Å². The standard InChI is InChI=1S/C14H18ClF2NO2S/c1-2-3-8-18(10-4-5-10)21(19,20)13-7-6-12(16)11(9-15)14(13)17/h6-7,10H,2-5,8-9H2,1H3. The Bertz CT molecular complexity index is 618. The van der Waals surface area contributed by atoms with Crippen LogP contribution in [0.3, 0.4) is 0 Å². The lowest BCUT2D eigenvalue weighted by atomic mass is 10.2. The second-order valence-corrected chi connectivity index (χ2v) is 7.30. The molecule has 0 aromatic heterocycles. The molecule has 0 bridgehead atoms. The fraction of sp³-hybridized carbons (Fsp3) is 0.571. The van der Waals surface area contributed by atoms with Crippen molar-refractivity contribution in [2.75, 3.05) is 6.54 Å². The monoisotopic (exact) mass is 337 g/mol. The molecule has 2 rings (SSSR count). The van der Waals surface area contributed by atoms with Gasteiger partial charge in [0.2, 0.25) is 10.0 Å². The quantitative estimate of drug-likeness (QED) is 0.712. The maximum absolute atomic E-state index is 14.3. The average Bonchev–Trinajstić information content (AvgIpc) is 3.23. The van der Waals surface area contributed by atoms with Crippen LogP contribution in [0.2, 0.25) is 0 Å². The third-order valence-electron chi connectivity index (χ3n) is 3.56. The van der Waals surface area contributed by atoms with E-state index in [0.717, 1.165) is 31.4 Å². The van der Waals surface area contributed by atoms with Crippen LogP contribution in [0.15, 0.2) is 17.0 Å². The minimum Gasteiger partial charge on any atom is -0.207 e. The lowest BCUT2D eigenvalue weighted by Gasteiger charge is -2.22. The van der Waals surface area contributed by atoms with E-state index in [9.17, 15) is 17.2 Å². The van der Waals surface area contributed by atoms with Crippen LogP contribution >= 0.6 is 11.6 Å². The first-order chi connectivity index (χ1) is 9.93. The molecular weight excluding hydrogens is 320 g/mol. The van der Waals surface area contributed by atoms with Crippen molar-refractivity contribution in [3.63, 3.8) is 0 Å². The van der Waals surface area contributed by atoms with E-state index in [4.69, 9.17) is 11.6 Å². The SMILES string of the molecule is CCCCN(C1CC1)S(=O)(=O)c1ccc(F)c(CCl)c1F. The van der Waals surface area contributed by atoms with E-state index in [1.165, 1.54) is 4.31 Å². The van der Waals surface area contributed by atoms with E-state index in [-0.39, 0.29) is 6.04 Å². The van der Waals surface area contributed by atoms with Crippen LogP contribution in [0.1, 0.15) is 38.2 Å². The molecule has 3 nitrogen and oxygen atoms in total. The Kier molecular flexibility index (Phi) is 5.22. The Balaban J connectivity index is 2.42. The van der Waals surface area contributed by atoms with Crippen LogP contribution in [0.4, 0.5) is 8.78 Å². The molecule has 21 heavy (non-hydrogen) atoms. The van der Waals surface area contributed by atoms with Crippen molar-refractivity contribution in [1.82, 2.24) is 4.31 Å². The number of alkyl halides is 1. The summed E-state index contributed by atoms with van der Waals surface area (Å²) < 4.78 is 54.3. The van der Waals surface area contributed by atoms with Gasteiger partial charge in [0, 0.05) is 18.2 Å². The van der Waals surface area contributed by atoms with Gasteiger partial charge in [0.1, 0.15) is 10.7 Å². The van der Waals surface area contributed by atoms with Crippen LogP contribution in [-0.4, -0.2) is 25.3 Å². The largest absolute Gasteiger partial charge is 0.246 e. The molecule has 0 aliphatic heterocycles. The molecule has 0 atom stereocenters. The summed E-state index contributed by atoms with van der Waals surface area (Å²) in [7, 11) is -3.96. The van der Waals surface area contributed by atoms with Crippen molar-refractivity contribution >= 4 is 21.6 Å². The Labute approximate surface area is 129 Å². The van der Waals surface area contributed by atoms with Crippen LogP contribution < -0.4 is 0 Å². The van der Waals surface area contributed by atoms with Crippen molar-refractivity contribution in [3.05, 3.63) is 29.3 Å². The van der Waals surface area contributed by atoms with Gasteiger partial charge in [0.05, 0.1) is 5.88 Å². The summed E-state index contributed by atoms with van der Waals surface area (Å²) in [5, 5.41) is 0. The summed E-state index contributed by atoms with van der Waals surface area (Å²) in [6, 6.07) is 1.88. The van der Waals surface area contributed by atoms with Gasteiger partial charge in [-0.2, -0.15) is 4.31 Å². The minimum absolute atomic E-state index is 0.0644. The highest BCUT2D eigenvalue weighted by Crippen LogP contribution is 2.34. The van der Waals surface area contributed by atoms with Crippen molar-refractivity contribution < 1.29 is 17.2 Å². The van der Waals surface area contributed by atoms with Gasteiger partial charge in [0.15, 0.2) is 5.82 Å². The summed E-state index contributed by atoms with van der Waals surface area (Å²) in [5.41, 5.74) is -0.399. The summed E-state index contributed by atoms with van der Waals surface area (Å²) in [5.74, 6) is -2.31. The molecule has 0 N–H and O–H groups in total. The van der Waals surface area contributed by atoms with E-state index in [1.807, 2.05) is 6.92 Å². The van der Waals surface area contributed by atoms with Gasteiger partial charge in [-0.25, -0.2) is 17.2 Å². The first-order valence-electron chi connectivity index (χ1n) is 6.98. The molecule has 1 saturated carbocycles. The third-order valence-corrected chi connectivity index (χ3v) is 5.79. The zero-order chi connectivity index (χ0) is 15.6. The number of unbranched alkanes of at least 4 members (excludes halogenated alkanes) is 1. The Hall–Kier alpha value is -0.720. The zero-order valence-corrected chi connectivity index (χ0v) is 13.4. The Morgan fingerprint density at radius 2 is 2.00 bits per heavy atom. The molecule has 0 unspecified atom stereocenters. The van der Waals surface area contributed by atoms with Gasteiger partial charge in [-0.3, -0.25) is 0 Å². The predicted molar refractivity (Wildman–Crippen MR) is 77.7 cm³/mol. The highest BCUT2D eigenvalue weighted by atomic mass is 35.5. The molecule has 1 aromatic rings. The van der Waals surface area contributed by atoms with Crippen molar-refractivity contribution in [2.45, 2.75) is 49.4 Å². The maximum Gasteiger partial charge on any atom is 0.246 e. The Morgan fingerprint density at radius 3 is 2.52 bits per heavy atom. The van der Waals surface area contributed by atoms with Gasteiger partial charge in [-0.15, -0.1) is 11.6 Å². The van der Waals surface area contributed by atoms with Crippen LogP contribution in [-0.2, 0) is 15.9 Å². The predicted octanol–water partition coefficient (Wildman–Crippen LogP) is 3.66. The van der Waals surface area contributed by atoms with Gasteiger partial charge in [-0.05, 0) is 31.4 Å². The van der Waals surface area contributed by atoms with E-state index in [1.54, 1.807) is 0 Å². The van der Waals surface area contributed by atoms with Crippen molar-refractivity contribution in [3.8, 4) is 0 Å². The smallest absolute Gasteiger partial charge is 0.207 e. The van der Waals surface area contributed by atoms with E-state index in [2.05, 4.69) is 0 Å². The van der Waals surface area contributed by atoms with Gasteiger partial charge in [-0.1, -0.05) is 13.3 Å². The number of sulfonamides is 1. The van der Waals surface area contributed by atoms with E-state index < -0.39 is 38.0 Å². The molecule has 0 saturated heterocycles. The normalized spacial score (nSPS) is 15.7. The van der Waals surface area contributed by atoms with E-state index >= 15 is 0 Å². The number of halogens is 3. The van der Waals surface area contributed by atoms with Crippen molar-refractivity contribution in [1.29, 1.82) is 0 Å². The molecule has 7 heteroatoms. The molecule has 1 aromatic carbocycles. The molecular formula is C14H18ClF2NO2S. The van der Waals surface area contributed by atoms with Crippen LogP contribution in [0, 0.1) is 11.6 Å². The average molecular weight is 338 g/mol. The fourth-order valence-corrected chi connectivity index (χ4v) is 4.26. The summed E-state index contributed by atoms with van der Waals surface area (Å²) in [4.78, 5) is -0.484. The minimum atomic E-state index is -3.96. The molecule has 118 valence electrons. The summed E-state index contributed by atoms with van der Waals surface area (Å²) in [6.07, 6.45) is 3.13. The van der Waals surface area contributed by atoms with Crippen LogP contribution in [0.25, 0.3) is 0 Å². The molecule has 0 heterocycles. The second kappa shape index (κ2) is 6.58. The highest BCUT2D eigenvalue weighted by Gasteiger charge is 2.39. The molecule has 1 aliphatic carbocycles. The third kappa shape index (κ3) is 3.38. The summed E-state index contributed by atoms with van der Waals surface area (Å²) >= 11 is 5.51. The molecule has 0 spiro atoms. The van der Waals surface area contributed by atoms with Crippen LogP contribution in [0.5, 0.6) is 0 Å². The lowest BCUT2D eigenvalue weighted by molar-refractivity contribution is 0.392. The topological polar surface area (TPSA) is 37.4 Å². The Morgan fingerprint density at radius 1 is 1.33 bits per heavy atom. The number of hydrogen-bond donors (Lipinski definition) is 0.